The molecule has 2 N–H and O–H groups in total. The molecule has 106 valence electrons. The zero-order chi connectivity index (χ0) is 14.6. The largest absolute Gasteiger partial charge is 0.392 e. The molecule has 1 heterocycles. The molecule has 20 heavy (non-hydrogen) atoms. The van der Waals surface area contributed by atoms with Crippen LogP contribution in [0.1, 0.15) is 11.3 Å². The van der Waals surface area contributed by atoms with E-state index in [4.69, 9.17) is 5.11 Å². The molecule has 0 spiro atoms. The first kappa shape index (κ1) is 15.1. The van der Waals surface area contributed by atoms with Gasteiger partial charge in [-0.15, -0.1) is 0 Å². The number of benzene rings is 1. The second kappa shape index (κ2) is 6.45. The number of halogens is 1. The molecule has 0 radical (unpaired) electrons. The second-order valence-electron chi connectivity index (χ2n) is 4.07. The van der Waals surface area contributed by atoms with Crippen LogP contribution in [0.3, 0.4) is 0 Å². The normalized spacial score (nSPS) is 11.5. The zero-order valence-electron chi connectivity index (χ0n) is 10.5. The van der Waals surface area contributed by atoms with Crippen LogP contribution in [-0.2, 0) is 23.2 Å². The van der Waals surface area contributed by atoms with E-state index in [2.05, 4.69) is 25.6 Å². The van der Waals surface area contributed by atoms with Crippen molar-refractivity contribution in [1.82, 2.24) is 9.71 Å². The molecular weight excluding hydrogens is 344 g/mol. The molecule has 7 heteroatoms. The number of pyridine rings is 1. The minimum Gasteiger partial charge on any atom is -0.392 e. The van der Waals surface area contributed by atoms with E-state index in [1.165, 1.54) is 6.07 Å². The van der Waals surface area contributed by atoms with Crippen LogP contribution in [0.25, 0.3) is 0 Å². The van der Waals surface area contributed by atoms with E-state index in [0.29, 0.717) is 15.7 Å². The lowest BCUT2D eigenvalue weighted by molar-refractivity contribution is 0.281. The maximum absolute atomic E-state index is 12.2. The number of hydrogen-bond acceptors (Lipinski definition) is 4. The van der Waals surface area contributed by atoms with E-state index in [0.717, 1.165) is 0 Å². The molecule has 0 aliphatic rings. The van der Waals surface area contributed by atoms with Gasteiger partial charge in [-0.05, 0) is 45.8 Å². The summed E-state index contributed by atoms with van der Waals surface area (Å²) in [4.78, 5) is 4.18. The van der Waals surface area contributed by atoms with Crippen molar-refractivity contribution in [2.24, 2.45) is 0 Å². The molecule has 1 aromatic carbocycles. The van der Waals surface area contributed by atoms with Crippen LogP contribution in [0.2, 0.25) is 0 Å². The average molecular weight is 357 g/mol. The van der Waals surface area contributed by atoms with Gasteiger partial charge in [0.15, 0.2) is 0 Å². The van der Waals surface area contributed by atoms with Gasteiger partial charge < -0.3 is 5.11 Å². The monoisotopic (exact) mass is 356 g/mol. The van der Waals surface area contributed by atoms with Gasteiger partial charge in [-0.3, -0.25) is 4.98 Å². The first-order valence-corrected chi connectivity index (χ1v) is 8.09. The highest BCUT2D eigenvalue weighted by molar-refractivity contribution is 9.10. The summed E-state index contributed by atoms with van der Waals surface area (Å²) in [7, 11) is -3.63. The Bertz CT molecular complexity index is 690. The Kier molecular flexibility index (Phi) is 4.87. The highest BCUT2D eigenvalue weighted by atomic mass is 79.9. The number of aliphatic hydroxyl groups is 1. The third-order valence-electron chi connectivity index (χ3n) is 2.64. The van der Waals surface area contributed by atoms with Gasteiger partial charge in [0.2, 0.25) is 10.0 Å². The molecule has 0 amide bonds. The SMILES string of the molecule is O=S(=O)(NCc1ccccn1)c1ccc(CO)cc1Br. The lowest BCUT2D eigenvalue weighted by Gasteiger charge is -2.09. The molecule has 0 aliphatic heterocycles. The lowest BCUT2D eigenvalue weighted by atomic mass is 10.2. The van der Waals surface area contributed by atoms with Gasteiger partial charge >= 0.3 is 0 Å². The summed E-state index contributed by atoms with van der Waals surface area (Å²) in [6.45, 7) is -0.0162. The fourth-order valence-electron chi connectivity index (χ4n) is 1.61. The summed E-state index contributed by atoms with van der Waals surface area (Å²) in [5.41, 5.74) is 1.28. The number of rotatable bonds is 5. The van der Waals surface area contributed by atoms with Crippen molar-refractivity contribution >= 4 is 26.0 Å². The van der Waals surface area contributed by atoms with Crippen molar-refractivity contribution in [2.75, 3.05) is 0 Å². The Labute approximate surface area is 125 Å². The topological polar surface area (TPSA) is 79.3 Å². The molecular formula is C13H13BrN2O3S. The van der Waals surface area contributed by atoms with Crippen LogP contribution in [0.5, 0.6) is 0 Å². The first-order valence-electron chi connectivity index (χ1n) is 5.82. The summed E-state index contributed by atoms with van der Waals surface area (Å²) in [6, 6.07) is 9.91. The summed E-state index contributed by atoms with van der Waals surface area (Å²) >= 11 is 3.20. The zero-order valence-corrected chi connectivity index (χ0v) is 12.9. The van der Waals surface area contributed by atoms with Gasteiger partial charge in [-0.1, -0.05) is 12.1 Å². The van der Waals surface area contributed by atoms with E-state index >= 15 is 0 Å². The quantitative estimate of drug-likeness (QED) is 0.856. The fourth-order valence-corrected chi connectivity index (χ4v) is 3.73. The summed E-state index contributed by atoms with van der Waals surface area (Å²) in [5, 5.41) is 9.01. The molecule has 0 bridgehead atoms. The number of aliphatic hydroxyl groups excluding tert-OH is 1. The van der Waals surface area contributed by atoms with Gasteiger partial charge in [-0.25, -0.2) is 13.1 Å². The van der Waals surface area contributed by atoms with Gasteiger partial charge in [0, 0.05) is 10.7 Å². The van der Waals surface area contributed by atoms with Gasteiger partial charge in [0.25, 0.3) is 0 Å². The molecule has 2 aromatic rings. The smallest absolute Gasteiger partial charge is 0.242 e. The number of nitrogens with zero attached hydrogens (tertiary/aromatic N) is 1. The van der Waals surface area contributed by atoms with Crippen LogP contribution in [0.4, 0.5) is 0 Å². The molecule has 0 atom stereocenters. The molecule has 0 aliphatic carbocycles. The minimum absolute atomic E-state index is 0.122. The summed E-state index contributed by atoms with van der Waals surface area (Å²) < 4.78 is 27.3. The van der Waals surface area contributed by atoms with Gasteiger partial charge in [-0.2, -0.15) is 0 Å². The van der Waals surface area contributed by atoms with E-state index in [1.807, 2.05) is 0 Å². The van der Waals surface area contributed by atoms with E-state index < -0.39 is 10.0 Å². The van der Waals surface area contributed by atoms with Crippen molar-refractivity contribution in [3.8, 4) is 0 Å². The second-order valence-corrected chi connectivity index (χ2v) is 6.66. The number of nitrogens with one attached hydrogen (secondary N) is 1. The Morgan fingerprint density at radius 3 is 2.65 bits per heavy atom. The average Bonchev–Trinajstić information content (AvgIpc) is 2.46. The first-order chi connectivity index (χ1) is 9.53. The maximum atomic E-state index is 12.2. The molecule has 0 fully saturated rings. The summed E-state index contributed by atoms with van der Waals surface area (Å²) in [5.74, 6) is 0. The molecule has 0 unspecified atom stereocenters. The fraction of sp³-hybridized carbons (Fsp3) is 0.154. The maximum Gasteiger partial charge on any atom is 0.242 e. The van der Waals surface area contributed by atoms with Crippen molar-refractivity contribution in [3.63, 3.8) is 0 Å². The standard InChI is InChI=1S/C13H13BrN2O3S/c14-12-7-10(9-17)4-5-13(12)20(18,19)16-8-11-3-1-2-6-15-11/h1-7,16-17H,8-9H2. The van der Waals surface area contributed by atoms with Crippen molar-refractivity contribution < 1.29 is 13.5 Å². The van der Waals surface area contributed by atoms with Crippen LogP contribution in [-0.4, -0.2) is 18.5 Å². The van der Waals surface area contributed by atoms with E-state index in [1.54, 1.807) is 36.5 Å². The lowest BCUT2D eigenvalue weighted by Crippen LogP contribution is -2.24. The van der Waals surface area contributed by atoms with Crippen LogP contribution >= 0.6 is 15.9 Å². The van der Waals surface area contributed by atoms with Crippen molar-refractivity contribution in [2.45, 2.75) is 18.0 Å². The number of sulfonamides is 1. The minimum atomic E-state index is -3.63. The molecule has 1 aromatic heterocycles. The molecule has 2 rings (SSSR count). The Morgan fingerprint density at radius 2 is 2.05 bits per heavy atom. The number of aromatic nitrogens is 1. The Balaban J connectivity index is 2.18. The van der Waals surface area contributed by atoms with Crippen LogP contribution in [0.15, 0.2) is 52.0 Å². The predicted octanol–water partition coefficient (Wildman–Crippen LogP) is 1.81. The molecule has 5 nitrogen and oxygen atoms in total. The van der Waals surface area contributed by atoms with E-state index in [9.17, 15) is 8.42 Å². The molecule has 0 saturated heterocycles. The third kappa shape index (κ3) is 3.63. The summed E-state index contributed by atoms with van der Waals surface area (Å²) in [6.07, 6.45) is 1.61. The third-order valence-corrected chi connectivity index (χ3v) is 5.02. The highest BCUT2D eigenvalue weighted by Crippen LogP contribution is 2.23. The van der Waals surface area contributed by atoms with Crippen LogP contribution < -0.4 is 4.72 Å². The van der Waals surface area contributed by atoms with Crippen molar-refractivity contribution in [1.29, 1.82) is 0 Å². The van der Waals surface area contributed by atoms with Crippen molar-refractivity contribution in [3.05, 3.63) is 58.3 Å². The van der Waals surface area contributed by atoms with Gasteiger partial charge in [0.05, 0.1) is 23.7 Å². The van der Waals surface area contributed by atoms with Crippen LogP contribution in [0, 0.1) is 0 Å². The highest BCUT2D eigenvalue weighted by Gasteiger charge is 2.17. The Hall–Kier alpha value is -1.28. The molecule has 0 saturated carbocycles. The predicted molar refractivity (Wildman–Crippen MR) is 78.3 cm³/mol. The number of hydrogen-bond donors (Lipinski definition) is 2. The Morgan fingerprint density at radius 1 is 1.25 bits per heavy atom. The van der Waals surface area contributed by atoms with Gasteiger partial charge in [0.1, 0.15) is 0 Å². The van der Waals surface area contributed by atoms with E-state index in [-0.39, 0.29) is 18.0 Å².